The quantitative estimate of drug-likeness (QED) is 0.481. The van der Waals surface area contributed by atoms with E-state index in [1.54, 1.807) is 41.8 Å². The molecule has 1 aliphatic carbocycles. The SMILES string of the molecule is O=C(CSc1ncnc2sc3c(c12)CCC3)N1CCN(c2ncccn2)CC1. The van der Waals surface area contributed by atoms with E-state index in [0.717, 1.165) is 41.7 Å². The first kappa shape index (κ1) is 17.8. The number of anilines is 1. The van der Waals surface area contributed by atoms with Gasteiger partial charge in [-0.1, -0.05) is 11.8 Å². The van der Waals surface area contributed by atoms with Gasteiger partial charge in [0.25, 0.3) is 0 Å². The molecular formula is C19H20N6OS2. The van der Waals surface area contributed by atoms with Crippen LogP contribution in [0.2, 0.25) is 0 Å². The fourth-order valence-electron chi connectivity index (χ4n) is 3.84. The molecular weight excluding hydrogens is 392 g/mol. The van der Waals surface area contributed by atoms with Crippen molar-refractivity contribution < 1.29 is 4.79 Å². The minimum absolute atomic E-state index is 0.164. The molecule has 2 aliphatic rings. The average Bonchev–Trinajstić information content (AvgIpc) is 3.34. The van der Waals surface area contributed by atoms with Gasteiger partial charge in [-0.05, 0) is 30.9 Å². The molecule has 144 valence electrons. The van der Waals surface area contributed by atoms with Crippen LogP contribution >= 0.6 is 23.1 Å². The molecule has 1 saturated heterocycles. The molecule has 1 amide bonds. The molecule has 4 heterocycles. The lowest BCUT2D eigenvalue weighted by atomic mass is 10.2. The van der Waals surface area contributed by atoms with E-state index >= 15 is 0 Å². The smallest absolute Gasteiger partial charge is 0.233 e. The molecule has 0 bridgehead atoms. The summed E-state index contributed by atoms with van der Waals surface area (Å²) >= 11 is 3.33. The van der Waals surface area contributed by atoms with Crippen LogP contribution in [0.1, 0.15) is 16.9 Å². The summed E-state index contributed by atoms with van der Waals surface area (Å²) in [5, 5.41) is 2.14. The molecule has 0 unspecified atom stereocenters. The maximum Gasteiger partial charge on any atom is 0.233 e. The third-order valence-electron chi connectivity index (χ3n) is 5.27. The molecule has 7 nitrogen and oxygen atoms in total. The number of hydrogen-bond acceptors (Lipinski definition) is 8. The lowest BCUT2D eigenvalue weighted by Crippen LogP contribution is -2.49. The zero-order chi connectivity index (χ0) is 18.9. The van der Waals surface area contributed by atoms with E-state index in [1.165, 1.54) is 22.2 Å². The van der Waals surface area contributed by atoms with Crippen LogP contribution in [-0.2, 0) is 17.6 Å². The van der Waals surface area contributed by atoms with Gasteiger partial charge in [-0.2, -0.15) is 0 Å². The van der Waals surface area contributed by atoms with Crippen LogP contribution in [0.5, 0.6) is 0 Å². The molecule has 0 atom stereocenters. The Morgan fingerprint density at radius 2 is 1.89 bits per heavy atom. The fraction of sp³-hybridized carbons (Fsp3) is 0.421. The van der Waals surface area contributed by atoms with E-state index in [2.05, 4.69) is 24.8 Å². The molecule has 0 saturated carbocycles. The molecule has 1 fully saturated rings. The molecule has 3 aromatic rings. The Hall–Kier alpha value is -2.26. The third-order valence-corrected chi connectivity index (χ3v) is 7.44. The van der Waals surface area contributed by atoms with Gasteiger partial charge in [0.1, 0.15) is 16.2 Å². The number of carbonyl (C=O) groups excluding carboxylic acids is 1. The lowest BCUT2D eigenvalue weighted by Gasteiger charge is -2.34. The normalized spacial score (nSPS) is 16.6. The molecule has 0 aromatic carbocycles. The second-order valence-electron chi connectivity index (χ2n) is 6.92. The number of aryl methyl sites for hydroxylation is 2. The molecule has 5 rings (SSSR count). The Labute approximate surface area is 171 Å². The minimum atomic E-state index is 0.164. The van der Waals surface area contributed by atoms with Gasteiger partial charge >= 0.3 is 0 Å². The van der Waals surface area contributed by atoms with Gasteiger partial charge in [-0.15, -0.1) is 11.3 Å². The maximum atomic E-state index is 12.7. The molecule has 9 heteroatoms. The standard InChI is InChI=1S/C19H20N6OS2/c26-15(24-7-9-25(10-8-24)19-20-5-2-6-21-19)11-27-17-16-13-3-1-4-14(13)28-18(16)23-12-22-17/h2,5-6,12H,1,3-4,7-11H2. The number of nitrogens with zero attached hydrogens (tertiary/aromatic N) is 6. The highest BCUT2D eigenvalue weighted by Gasteiger charge is 2.24. The highest BCUT2D eigenvalue weighted by molar-refractivity contribution is 8.00. The van der Waals surface area contributed by atoms with E-state index in [4.69, 9.17) is 0 Å². The largest absolute Gasteiger partial charge is 0.338 e. The summed E-state index contributed by atoms with van der Waals surface area (Å²) in [7, 11) is 0. The number of hydrogen-bond donors (Lipinski definition) is 0. The van der Waals surface area contributed by atoms with E-state index in [0.29, 0.717) is 18.8 Å². The first-order valence-electron chi connectivity index (χ1n) is 9.47. The van der Waals surface area contributed by atoms with Crippen molar-refractivity contribution in [3.63, 3.8) is 0 Å². The van der Waals surface area contributed by atoms with Gasteiger partial charge in [-0.3, -0.25) is 4.79 Å². The van der Waals surface area contributed by atoms with Gasteiger partial charge in [0.15, 0.2) is 0 Å². The Morgan fingerprint density at radius 1 is 1.07 bits per heavy atom. The van der Waals surface area contributed by atoms with Crippen LogP contribution in [0.3, 0.4) is 0 Å². The van der Waals surface area contributed by atoms with Crippen molar-refractivity contribution in [2.24, 2.45) is 0 Å². The number of piperazine rings is 1. The monoisotopic (exact) mass is 412 g/mol. The number of thiophene rings is 1. The number of thioether (sulfide) groups is 1. The van der Waals surface area contributed by atoms with Crippen molar-refractivity contribution >= 4 is 45.2 Å². The average molecular weight is 413 g/mol. The zero-order valence-corrected chi connectivity index (χ0v) is 17.0. The Bertz CT molecular complexity index is 1000. The van der Waals surface area contributed by atoms with E-state index < -0.39 is 0 Å². The van der Waals surface area contributed by atoms with Gasteiger partial charge in [0.2, 0.25) is 11.9 Å². The second kappa shape index (κ2) is 7.63. The van der Waals surface area contributed by atoms with Crippen LogP contribution < -0.4 is 4.90 Å². The fourth-order valence-corrected chi connectivity index (χ4v) is 6.06. The maximum absolute atomic E-state index is 12.7. The van der Waals surface area contributed by atoms with E-state index in [1.807, 2.05) is 11.0 Å². The van der Waals surface area contributed by atoms with Crippen LogP contribution in [0.4, 0.5) is 5.95 Å². The minimum Gasteiger partial charge on any atom is -0.338 e. The van der Waals surface area contributed by atoms with Crippen molar-refractivity contribution in [2.75, 3.05) is 36.8 Å². The molecule has 28 heavy (non-hydrogen) atoms. The third kappa shape index (κ3) is 3.33. The van der Waals surface area contributed by atoms with Crippen molar-refractivity contribution in [2.45, 2.75) is 24.3 Å². The van der Waals surface area contributed by atoms with Gasteiger partial charge in [0.05, 0.1) is 5.75 Å². The first-order chi connectivity index (χ1) is 13.8. The number of amides is 1. The van der Waals surface area contributed by atoms with Crippen molar-refractivity contribution in [1.29, 1.82) is 0 Å². The van der Waals surface area contributed by atoms with Gasteiger partial charge in [-0.25, -0.2) is 19.9 Å². The number of rotatable bonds is 4. The summed E-state index contributed by atoms with van der Waals surface area (Å²) < 4.78 is 0. The van der Waals surface area contributed by atoms with Crippen LogP contribution in [0.15, 0.2) is 29.8 Å². The Balaban J connectivity index is 1.22. The van der Waals surface area contributed by atoms with Crippen LogP contribution in [0.25, 0.3) is 10.2 Å². The van der Waals surface area contributed by atoms with E-state index in [-0.39, 0.29) is 5.91 Å². The topological polar surface area (TPSA) is 75.1 Å². The number of aromatic nitrogens is 4. The predicted molar refractivity (Wildman–Crippen MR) is 111 cm³/mol. The predicted octanol–water partition coefficient (Wildman–Crippen LogP) is 2.41. The number of fused-ring (bicyclic) bond motifs is 3. The highest BCUT2D eigenvalue weighted by atomic mass is 32.2. The lowest BCUT2D eigenvalue weighted by molar-refractivity contribution is -0.128. The summed E-state index contributed by atoms with van der Waals surface area (Å²) in [5.41, 5.74) is 1.41. The van der Waals surface area contributed by atoms with Crippen LogP contribution in [0, 0.1) is 0 Å². The molecule has 1 aliphatic heterocycles. The summed E-state index contributed by atoms with van der Waals surface area (Å²) in [5.74, 6) is 1.31. The number of carbonyl (C=O) groups is 1. The first-order valence-corrected chi connectivity index (χ1v) is 11.3. The van der Waals surface area contributed by atoms with Crippen LogP contribution in [-0.4, -0.2) is 62.7 Å². The second-order valence-corrected chi connectivity index (χ2v) is 8.97. The molecule has 0 spiro atoms. The zero-order valence-electron chi connectivity index (χ0n) is 15.4. The summed E-state index contributed by atoms with van der Waals surface area (Å²) in [4.78, 5) is 36.8. The van der Waals surface area contributed by atoms with Crippen molar-refractivity contribution in [3.05, 3.63) is 35.2 Å². The van der Waals surface area contributed by atoms with Gasteiger partial charge in [0, 0.05) is 48.8 Å². The summed E-state index contributed by atoms with van der Waals surface area (Å²) in [6.07, 6.45) is 8.59. The summed E-state index contributed by atoms with van der Waals surface area (Å²) in [6.45, 7) is 2.92. The molecule has 3 aromatic heterocycles. The highest BCUT2D eigenvalue weighted by Crippen LogP contribution is 2.40. The Morgan fingerprint density at radius 3 is 2.71 bits per heavy atom. The van der Waals surface area contributed by atoms with Gasteiger partial charge < -0.3 is 9.80 Å². The molecule has 0 radical (unpaired) electrons. The van der Waals surface area contributed by atoms with Crippen molar-refractivity contribution in [3.8, 4) is 0 Å². The summed E-state index contributed by atoms with van der Waals surface area (Å²) in [6, 6.07) is 1.81. The molecule has 0 N–H and O–H groups in total. The van der Waals surface area contributed by atoms with E-state index in [9.17, 15) is 4.79 Å². The Kier molecular flexibility index (Phi) is 4.86. The van der Waals surface area contributed by atoms with Crippen molar-refractivity contribution in [1.82, 2.24) is 24.8 Å².